The van der Waals surface area contributed by atoms with Crippen molar-refractivity contribution in [1.82, 2.24) is 15.2 Å². The first kappa shape index (κ1) is 21.0. The van der Waals surface area contributed by atoms with Crippen molar-refractivity contribution in [2.75, 3.05) is 5.32 Å². The molecule has 2 aliphatic carbocycles. The van der Waals surface area contributed by atoms with Crippen LogP contribution in [0.4, 0.5) is 5.82 Å². The van der Waals surface area contributed by atoms with E-state index in [9.17, 15) is 14.4 Å². The Morgan fingerprint density at radius 1 is 1.19 bits per heavy atom. The molecule has 0 unspecified atom stereocenters. The number of nitrogens with one attached hydrogen (secondary N) is 2. The molecule has 2 amide bonds. The normalized spacial score (nSPS) is 23.6. The number of aromatic nitrogens is 3. The van der Waals surface area contributed by atoms with Gasteiger partial charge in [0.15, 0.2) is 11.4 Å². The number of nitrogens with zero attached hydrogens (tertiary/aromatic N) is 2. The smallest absolute Gasteiger partial charge is 0.357 e. The molecule has 31 heavy (non-hydrogen) atoms. The van der Waals surface area contributed by atoms with Gasteiger partial charge in [-0.2, -0.15) is 5.10 Å². The molecular weight excluding hydrogens is 398 g/mol. The van der Waals surface area contributed by atoms with Crippen molar-refractivity contribution in [3.05, 3.63) is 41.3 Å². The van der Waals surface area contributed by atoms with Gasteiger partial charge in [0.1, 0.15) is 5.69 Å². The Morgan fingerprint density at radius 3 is 2.61 bits per heavy atom. The number of primary amides is 1. The molecule has 0 spiro atoms. The minimum atomic E-state index is -1.37. The summed E-state index contributed by atoms with van der Waals surface area (Å²) in [6.07, 6.45) is 5.67. The van der Waals surface area contributed by atoms with Crippen LogP contribution in [0.3, 0.4) is 0 Å². The number of aromatic amines is 1. The molecule has 0 aliphatic heterocycles. The first-order chi connectivity index (χ1) is 14.9. The van der Waals surface area contributed by atoms with Gasteiger partial charge in [0.25, 0.3) is 5.91 Å². The Kier molecular flexibility index (Phi) is 5.75. The lowest BCUT2D eigenvalue weighted by Crippen LogP contribution is -2.56. The van der Waals surface area contributed by atoms with E-state index < -0.39 is 17.5 Å². The number of aryl methyl sites for hydroxylation is 1. The molecule has 4 rings (SSSR count). The Morgan fingerprint density at radius 2 is 1.94 bits per heavy atom. The number of carbonyl (C=O) groups is 3. The average molecular weight is 425 g/mol. The van der Waals surface area contributed by atoms with E-state index in [1.54, 1.807) is 25.1 Å². The number of amides is 2. The summed E-state index contributed by atoms with van der Waals surface area (Å²) in [4.78, 5) is 41.1. The van der Waals surface area contributed by atoms with Gasteiger partial charge in [0, 0.05) is 42.1 Å². The summed E-state index contributed by atoms with van der Waals surface area (Å²) in [5.74, 6) is -0.949. The number of esters is 1. The summed E-state index contributed by atoms with van der Waals surface area (Å²) in [5, 5.41) is 9.96. The van der Waals surface area contributed by atoms with E-state index in [4.69, 9.17) is 10.5 Å². The lowest BCUT2D eigenvalue weighted by atomic mass is 9.68. The molecule has 0 saturated heterocycles. The van der Waals surface area contributed by atoms with Gasteiger partial charge >= 0.3 is 5.97 Å². The van der Waals surface area contributed by atoms with E-state index in [0.717, 1.165) is 31.4 Å². The standard InChI is InChI=1S/C22H27N5O4/c1-13-6-5-9-16(24-13)20(29)31-22(21(23)30)11-15(12-22)17-10-18(27-26-17)25-19(28)14-7-3-2-4-8-14/h5-6,9-10,14-15H,2-4,7-8,11-12H2,1H3,(H2,23,30)(H2,25,26,27,28). The Balaban J connectivity index is 1.37. The van der Waals surface area contributed by atoms with Crippen molar-refractivity contribution in [1.29, 1.82) is 0 Å². The van der Waals surface area contributed by atoms with Gasteiger partial charge in [-0.25, -0.2) is 9.78 Å². The molecule has 2 fully saturated rings. The molecule has 0 atom stereocenters. The highest BCUT2D eigenvalue weighted by Crippen LogP contribution is 2.47. The van der Waals surface area contributed by atoms with Crippen molar-refractivity contribution < 1.29 is 19.1 Å². The first-order valence-electron chi connectivity index (χ1n) is 10.7. The topological polar surface area (TPSA) is 140 Å². The van der Waals surface area contributed by atoms with E-state index in [2.05, 4.69) is 20.5 Å². The predicted octanol–water partition coefficient (Wildman–Crippen LogP) is 2.59. The van der Waals surface area contributed by atoms with Gasteiger partial charge in [-0.05, 0) is 31.9 Å². The number of pyridine rings is 1. The van der Waals surface area contributed by atoms with Crippen LogP contribution in [0.2, 0.25) is 0 Å². The molecule has 2 heterocycles. The van der Waals surface area contributed by atoms with E-state index in [0.29, 0.717) is 11.5 Å². The van der Waals surface area contributed by atoms with Crippen LogP contribution in [0.25, 0.3) is 0 Å². The van der Waals surface area contributed by atoms with Gasteiger partial charge < -0.3 is 15.8 Å². The maximum atomic E-state index is 12.5. The highest BCUT2D eigenvalue weighted by molar-refractivity contribution is 5.93. The molecule has 0 bridgehead atoms. The molecular formula is C22H27N5O4. The van der Waals surface area contributed by atoms with Crippen LogP contribution in [0, 0.1) is 12.8 Å². The second-order valence-corrected chi connectivity index (χ2v) is 8.55. The Labute approximate surface area is 180 Å². The zero-order valence-corrected chi connectivity index (χ0v) is 17.5. The quantitative estimate of drug-likeness (QED) is 0.608. The second kappa shape index (κ2) is 8.49. The maximum Gasteiger partial charge on any atom is 0.357 e. The number of carbonyl (C=O) groups excluding carboxylic acids is 3. The molecule has 2 saturated carbocycles. The fourth-order valence-electron chi connectivity index (χ4n) is 4.38. The van der Waals surface area contributed by atoms with E-state index >= 15 is 0 Å². The zero-order chi connectivity index (χ0) is 22.0. The molecule has 164 valence electrons. The van der Waals surface area contributed by atoms with Gasteiger partial charge in [-0.3, -0.25) is 14.7 Å². The van der Waals surface area contributed by atoms with Crippen LogP contribution < -0.4 is 11.1 Å². The number of nitrogens with two attached hydrogens (primary N) is 1. The fraction of sp³-hybridized carbons (Fsp3) is 0.500. The van der Waals surface area contributed by atoms with Crippen LogP contribution in [0.5, 0.6) is 0 Å². The van der Waals surface area contributed by atoms with Crippen LogP contribution in [-0.2, 0) is 14.3 Å². The minimum absolute atomic E-state index is 0.00238. The summed E-state index contributed by atoms with van der Waals surface area (Å²) in [6, 6.07) is 6.77. The van der Waals surface area contributed by atoms with Crippen LogP contribution in [0.1, 0.15) is 72.7 Å². The summed E-state index contributed by atoms with van der Waals surface area (Å²) >= 11 is 0. The van der Waals surface area contributed by atoms with Gasteiger partial charge in [-0.1, -0.05) is 25.3 Å². The van der Waals surface area contributed by atoms with Gasteiger partial charge in [-0.15, -0.1) is 0 Å². The summed E-state index contributed by atoms with van der Waals surface area (Å²) in [7, 11) is 0. The summed E-state index contributed by atoms with van der Waals surface area (Å²) in [6.45, 7) is 1.77. The van der Waals surface area contributed by atoms with Crippen molar-refractivity contribution >= 4 is 23.6 Å². The summed E-state index contributed by atoms with van der Waals surface area (Å²) < 4.78 is 5.50. The third kappa shape index (κ3) is 4.45. The van der Waals surface area contributed by atoms with E-state index in [-0.39, 0.29) is 36.3 Å². The minimum Gasteiger partial charge on any atom is -0.444 e. The van der Waals surface area contributed by atoms with Crippen molar-refractivity contribution in [2.45, 2.75) is 63.4 Å². The monoisotopic (exact) mass is 425 g/mol. The first-order valence-corrected chi connectivity index (χ1v) is 10.7. The van der Waals surface area contributed by atoms with Crippen molar-refractivity contribution in [2.24, 2.45) is 11.7 Å². The average Bonchev–Trinajstić information content (AvgIpc) is 3.18. The highest BCUT2D eigenvalue weighted by Gasteiger charge is 2.53. The van der Waals surface area contributed by atoms with Crippen LogP contribution in [-0.4, -0.2) is 38.6 Å². The molecule has 9 nitrogen and oxygen atoms in total. The number of H-pyrrole nitrogens is 1. The molecule has 0 aromatic carbocycles. The number of hydrogen-bond acceptors (Lipinski definition) is 6. The molecule has 2 aliphatic rings. The van der Waals surface area contributed by atoms with Crippen LogP contribution >= 0.6 is 0 Å². The number of anilines is 1. The molecule has 2 aromatic rings. The largest absolute Gasteiger partial charge is 0.444 e. The zero-order valence-electron chi connectivity index (χ0n) is 17.5. The summed E-state index contributed by atoms with van der Waals surface area (Å²) in [5.41, 5.74) is 5.77. The second-order valence-electron chi connectivity index (χ2n) is 8.55. The molecule has 9 heteroatoms. The fourth-order valence-corrected chi connectivity index (χ4v) is 4.38. The maximum absolute atomic E-state index is 12.5. The van der Waals surface area contributed by atoms with Gasteiger partial charge in [0.2, 0.25) is 5.91 Å². The molecule has 0 radical (unpaired) electrons. The number of hydrogen-bond donors (Lipinski definition) is 3. The van der Waals surface area contributed by atoms with Crippen molar-refractivity contribution in [3.8, 4) is 0 Å². The lowest BCUT2D eigenvalue weighted by Gasteiger charge is -2.43. The van der Waals surface area contributed by atoms with Crippen molar-refractivity contribution in [3.63, 3.8) is 0 Å². The third-order valence-corrected chi connectivity index (χ3v) is 6.25. The highest BCUT2D eigenvalue weighted by atomic mass is 16.6. The number of ether oxygens (including phenoxy) is 1. The predicted molar refractivity (Wildman–Crippen MR) is 112 cm³/mol. The van der Waals surface area contributed by atoms with Crippen LogP contribution in [0.15, 0.2) is 24.3 Å². The SMILES string of the molecule is Cc1cccc(C(=O)OC2(C(N)=O)CC(c3cc(NC(=O)C4CCCCC4)n[nH]3)C2)n1. The lowest BCUT2D eigenvalue weighted by molar-refractivity contribution is -0.149. The third-order valence-electron chi connectivity index (χ3n) is 6.25. The molecule has 2 aromatic heterocycles. The van der Waals surface area contributed by atoms with E-state index in [1.165, 1.54) is 12.5 Å². The Bertz CT molecular complexity index is 989. The molecule has 4 N–H and O–H groups in total. The van der Waals surface area contributed by atoms with E-state index in [1.807, 2.05) is 0 Å². The Hall–Kier alpha value is -3.23. The van der Waals surface area contributed by atoms with Gasteiger partial charge in [0.05, 0.1) is 0 Å². The number of rotatable bonds is 6.